The molecular formula is C27H28ClN5O4. The largest absolute Gasteiger partial charge is 0.481 e. The number of nitrogens with one attached hydrogen (secondary N) is 3. The van der Waals surface area contributed by atoms with Gasteiger partial charge in [0.05, 0.1) is 24.4 Å². The van der Waals surface area contributed by atoms with E-state index in [9.17, 15) is 14.7 Å². The summed E-state index contributed by atoms with van der Waals surface area (Å²) in [6.45, 7) is 2.19. The Bertz CT molecular complexity index is 1360. The molecule has 0 spiro atoms. The highest BCUT2D eigenvalue weighted by atomic mass is 35.5. The van der Waals surface area contributed by atoms with E-state index in [-0.39, 0.29) is 17.5 Å². The van der Waals surface area contributed by atoms with Gasteiger partial charge >= 0.3 is 0 Å². The summed E-state index contributed by atoms with van der Waals surface area (Å²) >= 11 is 6.13. The highest BCUT2D eigenvalue weighted by Crippen LogP contribution is 2.29. The van der Waals surface area contributed by atoms with Crippen molar-refractivity contribution in [3.05, 3.63) is 87.6 Å². The number of benzene rings is 2. The molecule has 0 bridgehead atoms. The van der Waals surface area contributed by atoms with Gasteiger partial charge in [0.2, 0.25) is 5.88 Å². The van der Waals surface area contributed by atoms with Crippen molar-refractivity contribution in [2.24, 2.45) is 5.73 Å². The Kier molecular flexibility index (Phi) is 8.08. The van der Waals surface area contributed by atoms with Gasteiger partial charge in [0.1, 0.15) is 0 Å². The molecule has 1 aliphatic rings. The van der Waals surface area contributed by atoms with E-state index in [1.807, 2.05) is 19.1 Å². The summed E-state index contributed by atoms with van der Waals surface area (Å²) in [5.41, 5.74) is 9.52. The maximum Gasteiger partial charge on any atom is 0.256 e. The molecule has 2 heterocycles. The van der Waals surface area contributed by atoms with E-state index in [4.69, 9.17) is 22.1 Å². The predicted molar refractivity (Wildman–Crippen MR) is 144 cm³/mol. The smallest absolute Gasteiger partial charge is 0.256 e. The molecule has 192 valence electrons. The molecule has 0 fully saturated rings. The van der Waals surface area contributed by atoms with Gasteiger partial charge in [0, 0.05) is 34.1 Å². The van der Waals surface area contributed by atoms with Crippen molar-refractivity contribution in [2.75, 3.05) is 24.3 Å². The SMILES string of the molecule is COc1cc2c(cn1)C=C(C(=O)Nc1cc(C(=O)NC(CCN)c3cccc(Cl)c3)ccc1C)C(O)N2. The van der Waals surface area contributed by atoms with Gasteiger partial charge in [-0.15, -0.1) is 0 Å². The molecule has 3 aromatic rings. The lowest BCUT2D eigenvalue weighted by molar-refractivity contribution is -0.113. The summed E-state index contributed by atoms with van der Waals surface area (Å²) in [7, 11) is 1.50. The summed E-state index contributed by atoms with van der Waals surface area (Å²) in [5, 5.41) is 19.8. The lowest BCUT2D eigenvalue weighted by Gasteiger charge is -2.24. The van der Waals surface area contributed by atoms with Crippen LogP contribution in [-0.4, -0.2) is 41.8 Å². The second-order valence-corrected chi connectivity index (χ2v) is 9.04. The van der Waals surface area contributed by atoms with Crippen LogP contribution in [0.1, 0.15) is 39.5 Å². The Hall–Kier alpha value is -3.92. The Morgan fingerprint density at radius 1 is 1.22 bits per heavy atom. The first-order valence-corrected chi connectivity index (χ1v) is 12.1. The topological polar surface area (TPSA) is 139 Å². The molecule has 9 nitrogen and oxygen atoms in total. The Morgan fingerprint density at radius 3 is 2.76 bits per heavy atom. The minimum Gasteiger partial charge on any atom is -0.481 e. The third kappa shape index (κ3) is 6.08. The van der Waals surface area contributed by atoms with Gasteiger partial charge in [0.15, 0.2) is 6.23 Å². The fourth-order valence-corrected chi connectivity index (χ4v) is 4.20. The van der Waals surface area contributed by atoms with E-state index in [0.717, 1.165) is 11.1 Å². The molecule has 6 N–H and O–H groups in total. The van der Waals surface area contributed by atoms with Gasteiger partial charge < -0.3 is 31.5 Å². The number of hydrogen-bond donors (Lipinski definition) is 5. The Balaban J connectivity index is 1.53. The minimum atomic E-state index is -1.24. The fourth-order valence-electron chi connectivity index (χ4n) is 4.01. The number of aryl methyl sites for hydroxylation is 1. The molecule has 10 heteroatoms. The molecule has 4 rings (SSSR count). The molecule has 0 aliphatic carbocycles. The van der Waals surface area contributed by atoms with E-state index in [1.54, 1.807) is 48.7 Å². The third-order valence-electron chi connectivity index (χ3n) is 6.04. The highest BCUT2D eigenvalue weighted by Gasteiger charge is 2.25. The fraction of sp³-hybridized carbons (Fsp3) is 0.222. The molecule has 1 aliphatic heterocycles. The lowest BCUT2D eigenvalue weighted by atomic mass is 10.0. The monoisotopic (exact) mass is 521 g/mol. The van der Waals surface area contributed by atoms with E-state index in [2.05, 4.69) is 20.9 Å². The number of nitrogens with zero attached hydrogens (tertiary/aromatic N) is 1. The van der Waals surface area contributed by atoms with Crippen LogP contribution in [0.3, 0.4) is 0 Å². The van der Waals surface area contributed by atoms with Gasteiger partial charge in [-0.3, -0.25) is 9.59 Å². The number of aliphatic hydroxyl groups excluding tert-OH is 1. The molecular weight excluding hydrogens is 494 g/mol. The molecule has 0 saturated carbocycles. The highest BCUT2D eigenvalue weighted by molar-refractivity contribution is 6.30. The lowest BCUT2D eigenvalue weighted by Crippen LogP contribution is -2.32. The van der Waals surface area contributed by atoms with Crippen molar-refractivity contribution < 1.29 is 19.4 Å². The van der Waals surface area contributed by atoms with Crippen LogP contribution in [0.25, 0.3) is 6.08 Å². The third-order valence-corrected chi connectivity index (χ3v) is 6.27. The van der Waals surface area contributed by atoms with Crippen LogP contribution in [0.4, 0.5) is 11.4 Å². The first kappa shape index (κ1) is 26.2. The number of halogens is 1. The number of pyridine rings is 1. The summed E-state index contributed by atoms with van der Waals surface area (Å²) in [6, 6.07) is 13.6. The number of amides is 2. The van der Waals surface area contributed by atoms with Crippen LogP contribution in [-0.2, 0) is 4.79 Å². The number of aliphatic hydroxyl groups is 1. The molecule has 2 aromatic carbocycles. The molecule has 2 atom stereocenters. The number of rotatable bonds is 8. The van der Waals surface area contributed by atoms with Gasteiger partial charge in [-0.2, -0.15) is 0 Å². The van der Waals surface area contributed by atoms with Crippen LogP contribution >= 0.6 is 11.6 Å². The second-order valence-electron chi connectivity index (χ2n) is 8.60. The van der Waals surface area contributed by atoms with Gasteiger partial charge in [-0.05, 0) is 61.4 Å². The van der Waals surface area contributed by atoms with Crippen molar-refractivity contribution in [1.29, 1.82) is 0 Å². The Morgan fingerprint density at radius 2 is 2.03 bits per heavy atom. The van der Waals surface area contributed by atoms with Crippen molar-refractivity contribution in [1.82, 2.24) is 10.3 Å². The van der Waals surface area contributed by atoms with Gasteiger partial charge in [0.25, 0.3) is 11.8 Å². The molecule has 1 aromatic heterocycles. The number of aromatic nitrogens is 1. The number of ether oxygens (including phenoxy) is 1. The van der Waals surface area contributed by atoms with Crippen molar-refractivity contribution >= 4 is 40.9 Å². The molecule has 0 saturated heterocycles. The summed E-state index contributed by atoms with van der Waals surface area (Å²) in [5.74, 6) is -0.446. The predicted octanol–water partition coefficient (Wildman–Crippen LogP) is 3.64. The van der Waals surface area contributed by atoms with Crippen molar-refractivity contribution in [3.8, 4) is 5.88 Å². The maximum absolute atomic E-state index is 13.1. The number of anilines is 2. The number of carbonyl (C=O) groups is 2. The number of methoxy groups -OCH3 is 1. The standard InChI is InChI=1S/C27H28ClN5O4/c1-15-6-7-17(25(34)31-21(8-9-29)16-4-3-5-19(28)10-16)12-22(15)32-26(35)20-11-18-14-30-24(37-2)13-23(18)33-27(20)36/h3-7,10-14,21,27,33,36H,8-9,29H2,1-2H3,(H,31,34)(H,32,35). The maximum atomic E-state index is 13.1. The summed E-state index contributed by atoms with van der Waals surface area (Å²) in [6.07, 6.45) is 2.41. The zero-order valence-electron chi connectivity index (χ0n) is 20.4. The molecule has 2 amide bonds. The summed E-state index contributed by atoms with van der Waals surface area (Å²) in [4.78, 5) is 30.3. The van der Waals surface area contributed by atoms with Crippen LogP contribution in [0.15, 0.2) is 60.3 Å². The van der Waals surface area contributed by atoms with Gasteiger partial charge in [-0.1, -0.05) is 29.8 Å². The van der Waals surface area contributed by atoms with E-state index >= 15 is 0 Å². The number of fused-ring (bicyclic) bond motifs is 1. The van der Waals surface area contributed by atoms with Gasteiger partial charge in [-0.25, -0.2) is 4.98 Å². The first-order chi connectivity index (χ1) is 17.8. The summed E-state index contributed by atoms with van der Waals surface area (Å²) < 4.78 is 5.10. The van der Waals surface area contributed by atoms with E-state index in [1.165, 1.54) is 7.11 Å². The van der Waals surface area contributed by atoms with Crippen LogP contribution in [0.5, 0.6) is 5.88 Å². The zero-order valence-corrected chi connectivity index (χ0v) is 21.2. The van der Waals surface area contributed by atoms with Crippen LogP contribution in [0, 0.1) is 6.92 Å². The molecule has 37 heavy (non-hydrogen) atoms. The second kappa shape index (κ2) is 11.4. The van der Waals surface area contributed by atoms with Crippen molar-refractivity contribution in [2.45, 2.75) is 25.6 Å². The van der Waals surface area contributed by atoms with Crippen molar-refractivity contribution in [3.63, 3.8) is 0 Å². The minimum absolute atomic E-state index is 0.109. The average molecular weight is 522 g/mol. The van der Waals surface area contributed by atoms with E-state index < -0.39 is 12.1 Å². The molecule has 0 radical (unpaired) electrons. The first-order valence-electron chi connectivity index (χ1n) is 11.7. The van der Waals surface area contributed by atoms with Crippen LogP contribution < -0.4 is 26.4 Å². The normalized spacial score (nSPS) is 15.1. The average Bonchev–Trinajstić information content (AvgIpc) is 2.88. The number of nitrogens with two attached hydrogens (primary N) is 1. The van der Waals surface area contributed by atoms with E-state index in [0.29, 0.717) is 46.4 Å². The Labute approximate surface area is 219 Å². The quantitative estimate of drug-likeness (QED) is 0.305. The van der Waals surface area contributed by atoms with Crippen LogP contribution in [0.2, 0.25) is 5.02 Å². The number of carbonyl (C=O) groups excluding carboxylic acids is 2. The zero-order chi connectivity index (χ0) is 26.5. The molecule has 2 unspecified atom stereocenters. The number of hydrogen-bond acceptors (Lipinski definition) is 7.